The fourth-order valence-corrected chi connectivity index (χ4v) is 2.79. The zero-order valence-corrected chi connectivity index (χ0v) is 11.0. The smallest absolute Gasteiger partial charge is 0.281 e. The fourth-order valence-electron chi connectivity index (χ4n) is 2.79. The van der Waals surface area contributed by atoms with E-state index in [0.717, 1.165) is 21.9 Å². The van der Waals surface area contributed by atoms with Crippen molar-refractivity contribution < 1.29 is 0 Å². The van der Waals surface area contributed by atoms with Crippen molar-refractivity contribution in [1.82, 2.24) is 9.38 Å². The Labute approximate surface area is 115 Å². The van der Waals surface area contributed by atoms with Crippen molar-refractivity contribution in [3.63, 3.8) is 0 Å². The zero-order chi connectivity index (χ0) is 13.7. The van der Waals surface area contributed by atoms with Gasteiger partial charge in [-0.05, 0) is 30.0 Å². The largest absolute Gasteiger partial charge is 0.300 e. The zero-order valence-electron chi connectivity index (χ0n) is 11.0. The molecule has 4 aromatic rings. The molecule has 0 bridgehead atoms. The van der Waals surface area contributed by atoms with Crippen LogP contribution in [0.3, 0.4) is 0 Å². The van der Waals surface area contributed by atoms with Crippen LogP contribution in [-0.4, -0.2) is 9.38 Å². The maximum atomic E-state index is 12.2. The Morgan fingerprint density at radius 1 is 0.900 bits per heavy atom. The summed E-state index contributed by atoms with van der Waals surface area (Å²) in [5.41, 5.74) is 2.62. The molecule has 3 heteroatoms. The quantitative estimate of drug-likeness (QED) is 0.455. The Morgan fingerprint density at radius 2 is 1.55 bits per heavy atom. The number of para-hydroxylation sites is 1. The second-order valence-electron chi connectivity index (χ2n) is 4.99. The van der Waals surface area contributed by atoms with E-state index >= 15 is 0 Å². The summed E-state index contributed by atoms with van der Waals surface area (Å²) in [5.74, 6) is 0. The second-order valence-corrected chi connectivity index (χ2v) is 4.99. The van der Waals surface area contributed by atoms with Gasteiger partial charge < -0.3 is 4.40 Å². The number of nitrogens with zero attached hydrogens (tertiary/aromatic N) is 2. The molecule has 0 spiro atoms. The number of aryl methyl sites for hydroxylation is 1. The van der Waals surface area contributed by atoms with Gasteiger partial charge in [-0.1, -0.05) is 36.4 Å². The SMILES string of the molecule is Cc1cn2c3ccccc3c(=O)nc2c2ccccc12. The highest BCUT2D eigenvalue weighted by atomic mass is 16.1. The van der Waals surface area contributed by atoms with E-state index in [4.69, 9.17) is 0 Å². The molecule has 0 saturated heterocycles. The number of aromatic nitrogens is 2. The van der Waals surface area contributed by atoms with Crippen LogP contribution in [0.15, 0.2) is 59.5 Å². The number of pyridine rings is 1. The summed E-state index contributed by atoms with van der Waals surface area (Å²) < 4.78 is 2.01. The third kappa shape index (κ3) is 1.40. The molecule has 0 aliphatic carbocycles. The van der Waals surface area contributed by atoms with Gasteiger partial charge in [0.2, 0.25) is 0 Å². The Bertz CT molecular complexity index is 1030. The first-order valence-electron chi connectivity index (χ1n) is 6.55. The minimum Gasteiger partial charge on any atom is -0.300 e. The first kappa shape index (κ1) is 11.2. The van der Waals surface area contributed by atoms with Crippen molar-refractivity contribution in [2.75, 3.05) is 0 Å². The summed E-state index contributed by atoms with van der Waals surface area (Å²) in [7, 11) is 0. The Hall–Kier alpha value is -2.68. The van der Waals surface area contributed by atoms with Crippen LogP contribution in [0.2, 0.25) is 0 Å². The molecule has 0 atom stereocenters. The molecule has 0 amide bonds. The first-order chi connectivity index (χ1) is 9.75. The second kappa shape index (κ2) is 3.90. The van der Waals surface area contributed by atoms with Gasteiger partial charge in [0.05, 0.1) is 10.9 Å². The van der Waals surface area contributed by atoms with Gasteiger partial charge in [-0.2, -0.15) is 4.98 Å². The van der Waals surface area contributed by atoms with Gasteiger partial charge in [0, 0.05) is 11.6 Å². The molecule has 0 N–H and O–H groups in total. The number of hydrogen-bond acceptors (Lipinski definition) is 2. The molecule has 0 saturated carbocycles. The summed E-state index contributed by atoms with van der Waals surface area (Å²) in [6.07, 6.45) is 2.05. The van der Waals surface area contributed by atoms with Crippen molar-refractivity contribution in [2.45, 2.75) is 6.92 Å². The Balaban J connectivity index is 2.40. The molecule has 4 rings (SSSR count). The lowest BCUT2D eigenvalue weighted by molar-refractivity contribution is 1.13. The van der Waals surface area contributed by atoms with Crippen molar-refractivity contribution in [1.29, 1.82) is 0 Å². The fraction of sp³-hybridized carbons (Fsp3) is 0.0588. The molecule has 2 aromatic carbocycles. The van der Waals surface area contributed by atoms with E-state index in [0.29, 0.717) is 5.39 Å². The molecule has 20 heavy (non-hydrogen) atoms. The number of hydrogen-bond donors (Lipinski definition) is 0. The molecule has 0 aliphatic heterocycles. The normalized spacial score (nSPS) is 11.4. The summed E-state index contributed by atoms with van der Waals surface area (Å²) in [5, 5.41) is 2.80. The molecule has 96 valence electrons. The van der Waals surface area contributed by atoms with E-state index in [9.17, 15) is 4.79 Å². The maximum Gasteiger partial charge on any atom is 0.281 e. The van der Waals surface area contributed by atoms with Gasteiger partial charge in [-0.15, -0.1) is 0 Å². The number of fused-ring (bicyclic) bond motifs is 5. The first-order valence-corrected chi connectivity index (χ1v) is 6.55. The number of benzene rings is 2. The van der Waals surface area contributed by atoms with Crippen LogP contribution in [0.1, 0.15) is 5.56 Å². The molecular weight excluding hydrogens is 248 g/mol. The highest BCUT2D eigenvalue weighted by Gasteiger charge is 2.09. The average Bonchev–Trinajstić information content (AvgIpc) is 2.49. The van der Waals surface area contributed by atoms with Gasteiger partial charge in [0.15, 0.2) is 0 Å². The molecule has 0 radical (unpaired) electrons. The van der Waals surface area contributed by atoms with Crippen LogP contribution < -0.4 is 5.56 Å². The standard InChI is InChI=1S/C17H12N2O/c1-11-10-19-15-9-5-4-8-14(15)17(20)18-16(19)13-7-3-2-6-12(11)13/h2-10H,1H3. The molecular formula is C17H12N2O. The van der Waals surface area contributed by atoms with Crippen molar-refractivity contribution in [3.8, 4) is 0 Å². The van der Waals surface area contributed by atoms with E-state index in [1.807, 2.05) is 53.1 Å². The predicted molar refractivity (Wildman–Crippen MR) is 81.2 cm³/mol. The third-order valence-electron chi connectivity index (χ3n) is 3.75. The van der Waals surface area contributed by atoms with Crippen molar-refractivity contribution in [2.24, 2.45) is 0 Å². The maximum absolute atomic E-state index is 12.2. The topological polar surface area (TPSA) is 34.4 Å². The lowest BCUT2D eigenvalue weighted by atomic mass is 10.1. The Kier molecular flexibility index (Phi) is 2.18. The summed E-state index contributed by atoms with van der Waals surface area (Å²) in [6.45, 7) is 2.08. The molecule has 3 nitrogen and oxygen atoms in total. The molecule has 0 fully saturated rings. The van der Waals surface area contributed by atoms with Crippen LogP contribution >= 0.6 is 0 Å². The minimum absolute atomic E-state index is 0.172. The highest BCUT2D eigenvalue weighted by molar-refractivity contribution is 5.98. The van der Waals surface area contributed by atoms with Crippen LogP contribution in [-0.2, 0) is 0 Å². The average molecular weight is 260 g/mol. The van der Waals surface area contributed by atoms with E-state index in [1.165, 1.54) is 5.56 Å². The van der Waals surface area contributed by atoms with Crippen LogP contribution in [0.25, 0.3) is 27.3 Å². The molecule has 2 aromatic heterocycles. The predicted octanol–water partition coefficient (Wildman–Crippen LogP) is 3.31. The molecule has 2 heterocycles. The van der Waals surface area contributed by atoms with Gasteiger partial charge in [0.25, 0.3) is 5.56 Å². The van der Waals surface area contributed by atoms with Gasteiger partial charge in [-0.3, -0.25) is 4.79 Å². The van der Waals surface area contributed by atoms with Gasteiger partial charge in [0.1, 0.15) is 5.65 Å². The summed E-state index contributed by atoms with van der Waals surface area (Å²) >= 11 is 0. The summed E-state index contributed by atoms with van der Waals surface area (Å²) in [6, 6.07) is 15.6. The number of rotatable bonds is 0. The van der Waals surface area contributed by atoms with E-state index < -0.39 is 0 Å². The van der Waals surface area contributed by atoms with Crippen LogP contribution in [0.5, 0.6) is 0 Å². The Morgan fingerprint density at radius 3 is 2.35 bits per heavy atom. The third-order valence-corrected chi connectivity index (χ3v) is 3.75. The van der Waals surface area contributed by atoms with E-state index in [2.05, 4.69) is 18.0 Å². The van der Waals surface area contributed by atoms with Crippen LogP contribution in [0.4, 0.5) is 0 Å². The van der Waals surface area contributed by atoms with Gasteiger partial charge in [-0.25, -0.2) is 0 Å². The van der Waals surface area contributed by atoms with E-state index in [1.54, 1.807) is 0 Å². The summed E-state index contributed by atoms with van der Waals surface area (Å²) in [4.78, 5) is 16.5. The molecule has 0 aliphatic rings. The van der Waals surface area contributed by atoms with Crippen LogP contribution in [0, 0.1) is 6.92 Å². The lowest BCUT2D eigenvalue weighted by Gasteiger charge is -2.10. The van der Waals surface area contributed by atoms with E-state index in [-0.39, 0.29) is 5.56 Å². The van der Waals surface area contributed by atoms with Gasteiger partial charge >= 0.3 is 0 Å². The monoisotopic (exact) mass is 260 g/mol. The minimum atomic E-state index is -0.172. The molecule has 0 unspecified atom stereocenters. The van der Waals surface area contributed by atoms with Crippen molar-refractivity contribution in [3.05, 3.63) is 70.6 Å². The van der Waals surface area contributed by atoms with Crippen molar-refractivity contribution >= 4 is 27.3 Å². The highest BCUT2D eigenvalue weighted by Crippen LogP contribution is 2.23. The lowest BCUT2D eigenvalue weighted by Crippen LogP contribution is -2.11.